The van der Waals surface area contributed by atoms with Crippen LogP contribution < -0.4 is 11.1 Å². The molecule has 2 aromatic rings. The van der Waals surface area contributed by atoms with E-state index in [9.17, 15) is 9.18 Å². The Bertz CT molecular complexity index is 608. The molecule has 0 bridgehead atoms. The Morgan fingerprint density at radius 1 is 1.32 bits per heavy atom. The number of carbonyl (C=O) groups excluding carboxylic acids is 1. The minimum Gasteiger partial charge on any atom is -0.397 e. The van der Waals surface area contributed by atoms with Crippen molar-refractivity contribution >= 4 is 44.8 Å². The molecule has 3 nitrogen and oxygen atoms in total. The number of amides is 1. The number of nitrogen functional groups attached to an aromatic ring is 1. The lowest BCUT2D eigenvalue weighted by molar-refractivity contribution is 0.102. The van der Waals surface area contributed by atoms with Crippen molar-refractivity contribution in [1.29, 1.82) is 0 Å². The number of rotatable bonds is 2. The van der Waals surface area contributed by atoms with E-state index in [1.165, 1.54) is 24.3 Å². The lowest BCUT2D eigenvalue weighted by atomic mass is 10.2. The molecule has 0 aliphatic rings. The van der Waals surface area contributed by atoms with E-state index >= 15 is 0 Å². The molecule has 6 heteroatoms. The van der Waals surface area contributed by atoms with Crippen LogP contribution in [0.1, 0.15) is 10.4 Å². The van der Waals surface area contributed by atoms with E-state index < -0.39 is 11.7 Å². The average molecular weight is 344 g/mol. The predicted molar refractivity (Wildman–Crippen MR) is 77.9 cm³/mol. The first-order chi connectivity index (χ1) is 8.97. The lowest BCUT2D eigenvalue weighted by Crippen LogP contribution is -2.14. The van der Waals surface area contributed by atoms with Gasteiger partial charge in [0.2, 0.25) is 0 Å². The van der Waals surface area contributed by atoms with Gasteiger partial charge in [-0.1, -0.05) is 33.6 Å². The van der Waals surface area contributed by atoms with Gasteiger partial charge in [-0.15, -0.1) is 0 Å². The molecular formula is C13H9BrClFN2O. The molecule has 1 amide bonds. The van der Waals surface area contributed by atoms with Gasteiger partial charge in [-0.2, -0.15) is 0 Å². The van der Waals surface area contributed by atoms with Gasteiger partial charge in [-0.3, -0.25) is 4.79 Å². The van der Waals surface area contributed by atoms with Crippen molar-refractivity contribution < 1.29 is 9.18 Å². The Morgan fingerprint density at radius 3 is 2.68 bits per heavy atom. The largest absolute Gasteiger partial charge is 0.397 e. The minimum absolute atomic E-state index is 0.0383. The van der Waals surface area contributed by atoms with E-state index in [0.29, 0.717) is 15.1 Å². The van der Waals surface area contributed by atoms with Crippen LogP contribution in [0.25, 0.3) is 0 Å². The van der Waals surface area contributed by atoms with Crippen LogP contribution in [-0.2, 0) is 0 Å². The van der Waals surface area contributed by atoms with Crippen LogP contribution in [0.5, 0.6) is 0 Å². The van der Waals surface area contributed by atoms with Gasteiger partial charge in [0.15, 0.2) is 0 Å². The third-order valence-corrected chi connectivity index (χ3v) is 3.09. The summed E-state index contributed by atoms with van der Waals surface area (Å²) in [5, 5.41) is 2.83. The number of benzene rings is 2. The monoisotopic (exact) mass is 342 g/mol. The molecule has 0 aromatic heterocycles. The molecule has 0 radical (unpaired) electrons. The summed E-state index contributed by atoms with van der Waals surface area (Å²) in [5.41, 5.74) is 6.05. The summed E-state index contributed by atoms with van der Waals surface area (Å²) < 4.78 is 14.2. The number of nitrogens with one attached hydrogen (secondary N) is 1. The fourth-order valence-electron chi connectivity index (χ4n) is 1.54. The van der Waals surface area contributed by atoms with Gasteiger partial charge < -0.3 is 11.1 Å². The standard InChI is InChI=1S/C13H9BrClFN2O/c14-8-4-7(5-9(15)6-8)13(19)18-12-10(16)2-1-3-11(12)17/h1-6H,17H2,(H,18,19). The smallest absolute Gasteiger partial charge is 0.255 e. The SMILES string of the molecule is Nc1cccc(F)c1NC(=O)c1cc(Cl)cc(Br)c1. The van der Waals surface area contributed by atoms with E-state index in [2.05, 4.69) is 21.2 Å². The molecule has 0 fully saturated rings. The molecule has 0 atom stereocenters. The summed E-state index contributed by atoms with van der Waals surface area (Å²) in [6.07, 6.45) is 0. The summed E-state index contributed by atoms with van der Waals surface area (Å²) in [6, 6.07) is 8.91. The fourth-order valence-corrected chi connectivity index (χ4v) is 2.40. The highest BCUT2D eigenvalue weighted by Crippen LogP contribution is 2.24. The maximum absolute atomic E-state index is 13.6. The van der Waals surface area contributed by atoms with Crippen molar-refractivity contribution in [2.45, 2.75) is 0 Å². The van der Waals surface area contributed by atoms with Gasteiger partial charge >= 0.3 is 0 Å². The molecule has 0 saturated carbocycles. The van der Waals surface area contributed by atoms with Crippen LogP contribution in [0.3, 0.4) is 0 Å². The van der Waals surface area contributed by atoms with Crippen LogP contribution in [0.15, 0.2) is 40.9 Å². The molecule has 98 valence electrons. The molecule has 0 aliphatic heterocycles. The van der Waals surface area contributed by atoms with Gasteiger partial charge in [0.25, 0.3) is 5.91 Å². The molecule has 2 rings (SSSR count). The number of hydrogen-bond donors (Lipinski definition) is 2. The maximum atomic E-state index is 13.6. The summed E-state index contributed by atoms with van der Waals surface area (Å²) in [5.74, 6) is -1.07. The molecule has 2 aromatic carbocycles. The third kappa shape index (κ3) is 3.24. The fraction of sp³-hybridized carbons (Fsp3) is 0. The molecule has 0 spiro atoms. The molecule has 0 saturated heterocycles. The van der Waals surface area contributed by atoms with Crippen LogP contribution in [0.2, 0.25) is 5.02 Å². The molecule has 0 unspecified atom stereocenters. The predicted octanol–water partition coefficient (Wildman–Crippen LogP) is 4.08. The zero-order valence-electron chi connectivity index (χ0n) is 9.58. The third-order valence-electron chi connectivity index (χ3n) is 2.41. The lowest BCUT2D eigenvalue weighted by Gasteiger charge is -2.09. The summed E-state index contributed by atoms with van der Waals surface area (Å²) in [4.78, 5) is 12.0. The van der Waals surface area contributed by atoms with E-state index in [-0.39, 0.29) is 11.4 Å². The number of halogens is 3. The normalized spacial score (nSPS) is 10.3. The van der Waals surface area contributed by atoms with Crippen molar-refractivity contribution in [2.24, 2.45) is 0 Å². The number of para-hydroxylation sites is 1. The first kappa shape index (κ1) is 13.8. The first-order valence-electron chi connectivity index (χ1n) is 5.29. The van der Waals surface area contributed by atoms with Gasteiger partial charge in [-0.25, -0.2) is 4.39 Å². The van der Waals surface area contributed by atoms with Crippen LogP contribution in [0, 0.1) is 5.82 Å². The van der Waals surface area contributed by atoms with Gasteiger partial charge in [0.1, 0.15) is 11.5 Å². The van der Waals surface area contributed by atoms with E-state index in [0.717, 1.165) is 0 Å². The van der Waals surface area contributed by atoms with Crippen molar-refractivity contribution in [1.82, 2.24) is 0 Å². The zero-order valence-corrected chi connectivity index (χ0v) is 11.9. The number of nitrogens with two attached hydrogens (primary N) is 1. The molecule has 0 heterocycles. The second-order valence-electron chi connectivity index (χ2n) is 3.82. The van der Waals surface area contributed by atoms with Crippen molar-refractivity contribution in [3.63, 3.8) is 0 Å². The molecule has 3 N–H and O–H groups in total. The highest BCUT2D eigenvalue weighted by Gasteiger charge is 2.12. The van der Waals surface area contributed by atoms with Crippen molar-refractivity contribution in [3.05, 3.63) is 57.3 Å². The topological polar surface area (TPSA) is 55.1 Å². The number of anilines is 2. The molecular weight excluding hydrogens is 335 g/mol. The van der Waals surface area contributed by atoms with Gasteiger partial charge in [0, 0.05) is 15.1 Å². The quantitative estimate of drug-likeness (QED) is 0.807. The van der Waals surface area contributed by atoms with E-state index in [4.69, 9.17) is 17.3 Å². The maximum Gasteiger partial charge on any atom is 0.255 e. The summed E-state index contributed by atoms with van der Waals surface area (Å²) in [7, 11) is 0. The van der Waals surface area contributed by atoms with E-state index in [1.807, 2.05) is 0 Å². The van der Waals surface area contributed by atoms with Gasteiger partial charge in [-0.05, 0) is 30.3 Å². The van der Waals surface area contributed by atoms with Crippen LogP contribution in [0.4, 0.5) is 15.8 Å². The number of hydrogen-bond acceptors (Lipinski definition) is 2. The zero-order chi connectivity index (χ0) is 14.0. The first-order valence-corrected chi connectivity index (χ1v) is 6.46. The average Bonchev–Trinajstić information content (AvgIpc) is 2.32. The Hall–Kier alpha value is -1.59. The Labute approximate surface area is 122 Å². The molecule has 19 heavy (non-hydrogen) atoms. The van der Waals surface area contributed by atoms with Crippen LogP contribution in [-0.4, -0.2) is 5.91 Å². The highest BCUT2D eigenvalue weighted by atomic mass is 79.9. The Balaban J connectivity index is 2.31. The Kier molecular flexibility index (Phi) is 4.07. The Morgan fingerprint density at radius 2 is 2.05 bits per heavy atom. The van der Waals surface area contributed by atoms with Gasteiger partial charge in [0.05, 0.1) is 5.69 Å². The number of carbonyl (C=O) groups is 1. The van der Waals surface area contributed by atoms with E-state index in [1.54, 1.807) is 12.1 Å². The second kappa shape index (κ2) is 5.59. The van der Waals surface area contributed by atoms with Crippen LogP contribution >= 0.6 is 27.5 Å². The second-order valence-corrected chi connectivity index (χ2v) is 5.17. The highest BCUT2D eigenvalue weighted by molar-refractivity contribution is 9.10. The van der Waals surface area contributed by atoms with Crippen molar-refractivity contribution in [3.8, 4) is 0 Å². The molecule has 0 aliphatic carbocycles. The summed E-state index contributed by atoms with van der Waals surface area (Å²) in [6.45, 7) is 0. The minimum atomic E-state index is -0.588. The summed E-state index contributed by atoms with van der Waals surface area (Å²) >= 11 is 9.08. The van der Waals surface area contributed by atoms with Crippen molar-refractivity contribution in [2.75, 3.05) is 11.1 Å².